The molecule has 2 aromatic carbocycles. The summed E-state index contributed by atoms with van der Waals surface area (Å²) in [5.74, 6) is 2.58. The highest BCUT2D eigenvalue weighted by Crippen LogP contribution is 2.34. The van der Waals surface area contributed by atoms with Crippen molar-refractivity contribution in [2.24, 2.45) is 0 Å². The second-order valence-corrected chi connectivity index (χ2v) is 7.01. The van der Waals surface area contributed by atoms with Gasteiger partial charge in [-0.3, -0.25) is 0 Å². The predicted octanol–water partition coefficient (Wildman–Crippen LogP) is 2.45. The predicted molar refractivity (Wildman–Crippen MR) is 99.9 cm³/mol. The van der Waals surface area contributed by atoms with Crippen LogP contribution in [0, 0.1) is 12.3 Å². The Hall–Kier alpha value is -1.87. The molecule has 4 nitrogen and oxygen atoms in total. The molecular formula is C21H21ClO4. The molecule has 0 saturated carbocycles. The molecule has 26 heavy (non-hydrogen) atoms. The fourth-order valence-electron chi connectivity index (χ4n) is 3.17. The monoisotopic (exact) mass is 372 g/mol. The summed E-state index contributed by atoms with van der Waals surface area (Å²) in [7, 11) is 0. The van der Waals surface area contributed by atoms with Crippen LogP contribution in [0.15, 0.2) is 42.5 Å². The molecule has 0 bridgehead atoms. The van der Waals surface area contributed by atoms with Crippen molar-refractivity contribution >= 4 is 11.6 Å². The Balaban J connectivity index is 1.86. The molecule has 1 aliphatic rings. The van der Waals surface area contributed by atoms with Crippen molar-refractivity contribution in [1.29, 1.82) is 0 Å². The maximum atomic E-state index is 10.3. The Morgan fingerprint density at radius 1 is 1.04 bits per heavy atom. The minimum atomic E-state index is -1.26. The van der Waals surface area contributed by atoms with Gasteiger partial charge in [0.15, 0.2) is 0 Å². The number of benzene rings is 2. The lowest BCUT2D eigenvalue weighted by Gasteiger charge is -2.39. The lowest BCUT2D eigenvalue weighted by atomic mass is 9.90. The van der Waals surface area contributed by atoms with E-state index in [2.05, 4.69) is 5.92 Å². The minimum absolute atomic E-state index is 0.589. The quantitative estimate of drug-likeness (QED) is 0.724. The Morgan fingerprint density at radius 3 is 2.38 bits per heavy atom. The largest absolute Gasteiger partial charge is 0.388 e. The van der Waals surface area contributed by atoms with Gasteiger partial charge in [0.05, 0.1) is 6.10 Å². The lowest BCUT2D eigenvalue weighted by molar-refractivity contribution is -0.219. The molecule has 1 fully saturated rings. The molecule has 2 aromatic rings. The van der Waals surface area contributed by atoms with Gasteiger partial charge < -0.3 is 20.1 Å². The summed E-state index contributed by atoms with van der Waals surface area (Å²) >= 11 is 6.34. The fraction of sp³-hybridized carbons (Fsp3) is 0.333. The number of halogens is 1. The molecular weight excluding hydrogens is 352 g/mol. The first-order chi connectivity index (χ1) is 12.4. The summed E-state index contributed by atoms with van der Waals surface area (Å²) in [6.45, 7) is 1.66. The van der Waals surface area contributed by atoms with Gasteiger partial charge in [0, 0.05) is 10.6 Å². The van der Waals surface area contributed by atoms with E-state index in [1.807, 2.05) is 30.3 Å². The maximum Gasteiger partial charge on any atom is 0.113 e. The molecule has 1 aliphatic heterocycles. The van der Waals surface area contributed by atoms with Crippen molar-refractivity contribution in [2.45, 2.75) is 43.9 Å². The van der Waals surface area contributed by atoms with Crippen LogP contribution in [0.2, 0.25) is 5.02 Å². The van der Waals surface area contributed by atoms with Crippen LogP contribution in [-0.4, -0.2) is 39.7 Å². The number of aliphatic hydroxyl groups excluding tert-OH is 3. The Labute approximate surface area is 158 Å². The van der Waals surface area contributed by atoms with Gasteiger partial charge in [-0.15, -0.1) is 6.42 Å². The Kier molecular flexibility index (Phi) is 5.67. The Morgan fingerprint density at radius 2 is 1.73 bits per heavy atom. The van der Waals surface area contributed by atoms with Crippen molar-refractivity contribution in [3.05, 3.63) is 69.7 Å². The fourth-order valence-corrected chi connectivity index (χ4v) is 3.36. The van der Waals surface area contributed by atoms with Crippen molar-refractivity contribution in [2.75, 3.05) is 0 Å². The third-order valence-corrected chi connectivity index (χ3v) is 5.13. The molecule has 0 spiro atoms. The number of terminal acetylenes is 1. The summed E-state index contributed by atoms with van der Waals surface area (Å²) in [5.41, 5.74) is 3.45. The summed E-state index contributed by atoms with van der Waals surface area (Å²) in [6.07, 6.45) is 1.05. The summed E-state index contributed by atoms with van der Waals surface area (Å²) in [6, 6.07) is 13.0. The highest BCUT2D eigenvalue weighted by molar-refractivity contribution is 6.31. The van der Waals surface area contributed by atoms with E-state index in [4.69, 9.17) is 22.8 Å². The highest BCUT2D eigenvalue weighted by Gasteiger charge is 2.42. The molecule has 1 saturated heterocycles. The van der Waals surface area contributed by atoms with Crippen LogP contribution in [0.3, 0.4) is 0 Å². The zero-order valence-corrected chi connectivity index (χ0v) is 15.1. The number of hydrogen-bond acceptors (Lipinski definition) is 4. The van der Waals surface area contributed by atoms with E-state index in [1.165, 1.54) is 0 Å². The van der Waals surface area contributed by atoms with Gasteiger partial charge >= 0.3 is 0 Å². The number of aliphatic hydroxyl groups is 3. The van der Waals surface area contributed by atoms with Gasteiger partial charge in [-0.05, 0) is 48.2 Å². The molecule has 0 aliphatic carbocycles. The molecule has 0 unspecified atom stereocenters. The third-order valence-electron chi connectivity index (χ3n) is 4.77. The van der Waals surface area contributed by atoms with E-state index < -0.39 is 30.5 Å². The van der Waals surface area contributed by atoms with E-state index in [0.29, 0.717) is 17.0 Å². The zero-order chi connectivity index (χ0) is 18.8. The van der Waals surface area contributed by atoms with Gasteiger partial charge in [0.2, 0.25) is 0 Å². The number of rotatable bonds is 3. The van der Waals surface area contributed by atoms with Gasteiger partial charge in [-0.1, -0.05) is 41.8 Å². The van der Waals surface area contributed by atoms with Gasteiger partial charge in [0.25, 0.3) is 0 Å². The topological polar surface area (TPSA) is 69.9 Å². The first-order valence-corrected chi connectivity index (χ1v) is 8.82. The highest BCUT2D eigenvalue weighted by atomic mass is 35.5. The number of ether oxygens (including phenoxy) is 1. The first-order valence-electron chi connectivity index (χ1n) is 8.44. The van der Waals surface area contributed by atoms with Crippen LogP contribution in [0.25, 0.3) is 0 Å². The van der Waals surface area contributed by atoms with Gasteiger partial charge in [0.1, 0.15) is 24.4 Å². The third kappa shape index (κ3) is 3.78. The number of hydrogen-bond donors (Lipinski definition) is 3. The molecule has 0 radical (unpaired) electrons. The van der Waals surface area contributed by atoms with Crippen LogP contribution in [0.1, 0.15) is 35.3 Å². The SMILES string of the molecule is C#Cc1ccc(Cc2cc([C@@H]3O[C@H](C)[C@@H](O)[C@H](O)[C@H]3O)ccc2Cl)cc1. The molecule has 0 amide bonds. The van der Waals surface area contributed by atoms with Crippen molar-refractivity contribution in [3.63, 3.8) is 0 Å². The molecule has 3 rings (SSSR count). The van der Waals surface area contributed by atoms with E-state index in [0.717, 1.165) is 16.7 Å². The average Bonchev–Trinajstić information content (AvgIpc) is 2.65. The minimum Gasteiger partial charge on any atom is -0.388 e. The summed E-state index contributed by atoms with van der Waals surface area (Å²) in [4.78, 5) is 0. The molecule has 136 valence electrons. The van der Waals surface area contributed by atoms with Crippen molar-refractivity contribution in [1.82, 2.24) is 0 Å². The van der Waals surface area contributed by atoms with E-state index in [1.54, 1.807) is 19.1 Å². The molecule has 1 heterocycles. The van der Waals surface area contributed by atoms with Crippen LogP contribution in [0.4, 0.5) is 0 Å². The average molecular weight is 373 g/mol. The lowest BCUT2D eigenvalue weighted by Crippen LogP contribution is -2.53. The smallest absolute Gasteiger partial charge is 0.113 e. The van der Waals surface area contributed by atoms with Crippen LogP contribution >= 0.6 is 11.6 Å². The molecule has 3 N–H and O–H groups in total. The zero-order valence-electron chi connectivity index (χ0n) is 14.3. The second kappa shape index (κ2) is 7.79. The summed E-state index contributed by atoms with van der Waals surface area (Å²) in [5, 5.41) is 30.8. The Bertz CT molecular complexity index is 812. The van der Waals surface area contributed by atoms with E-state index >= 15 is 0 Å². The van der Waals surface area contributed by atoms with Crippen LogP contribution in [0.5, 0.6) is 0 Å². The van der Waals surface area contributed by atoms with Gasteiger partial charge in [-0.2, -0.15) is 0 Å². The van der Waals surface area contributed by atoms with Crippen molar-refractivity contribution < 1.29 is 20.1 Å². The van der Waals surface area contributed by atoms with E-state index in [9.17, 15) is 15.3 Å². The molecule has 5 heteroatoms. The van der Waals surface area contributed by atoms with Gasteiger partial charge in [-0.25, -0.2) is 0 Å². The van der Waals surface area contributed by atoms with Crippen LogP contribution < -0.4 is 0 Å². The first kappa shape index (κ1) is 18.9. The normalized spacial score (nSPS) is 28.5. The van der Waals surface area contributed by atoms with E-state index in [-0.39, 0.29) is 0 Å². The second-order valence-electron chi connectivity index (χ2n) is 6.60. The maximum absolute atomic E-state index is 10.3. The van der Waals surface area contributed by atoms with Crippen molar-refractivity contribution in [3.8, 4) is 12.3 Å². The van der Waals surface area contributed by atoms with Crippen LogP contribution in [-0.2, 0) is 11.2 Å². The molecule has 0 aromatic heterocycles. The summed E-state index contributed by atoms with van der Waals surface area (Å²) < 4.78 is 5.72. The molecule has 5 atom stereocenters. The standard InChI is InChI=1S/C21H21ClO4/c1-3-13-4-6-14(7-5-13)10-16-11-15(8-9-17(16)22)21-20(25)19(24)18(23)12(2)26-21/h1,4-9,11-12,18-21,23-25H,10H2,2H3/t12-,18-,19+,20-,21+/m1/s1.